The number of hydrogen-bond acceptors (Lipinski definition) is 4. The van der Waals surface area contributed by atoms with Crippen molar-refractivity contribution in [2.75, 3.05) is 27.2 Å². The summed E-state index contributed by atoms with van der Waals surface area (Å²) in [5.74, 6) is -0.824. The predicted octanol–water partition coefficient (Wildman–Crippen LogP) is 10.0. The van der Waals surface area contributed by atoms with Gasteiger partial charge in [0, 0.05) is 6.42 Å². The summed E-state index contributed by atoms with van der Waals surface area (Å²) in [6.07, 6.45) is 34.2. The van der Waals surface area contributed by atoms with Gasteiger partial charge in [-0.25, -0.2) is 0 Å². The van der Waals surface area contributed by atoms with E-state index in [1.165, 1.54) is 96.3 Å². The fraction of sp³-hybridized carbons (Fsp3) is 0.829. The Morgan fingerprint density at radius 1 is 0.641 bits per heavy atom. The molecule has 0 spiro atoms. The van der Waals surface area contributed by atoms with E-state index >= 15 is 0 Å². The quantitative estimate of drug-likeness (QED) is 0.0404. The summed E-state index contributed by atoms with van der Waals surface area (Å²) in [4.78, 5) is 27.6. The number of carbonyl (C=O) groups is 2. The third-order valence-corrected chi connectivity index (χ3v) is 7.40. The van der Waals surface area contributed by atoms with Crippen molar-refractivity contribution in [3.05, 3.63) is 24.3 Å². The van der Waals surface area contributed by atoms with Crippen LogP contribution in [-0.4, -0.2) is 43.9 Å². The first-order valence-electron chi connectivity index (χ1n) is 16.7. The number of allylic oxidation sites excluding steroid dienone is 4. The highest BCUT2D eigenvalue weighted by atomic mass is 16.5. The summed E-state index contributed by atoms with van der Waals surface area (Å²) in [6.45, 7) is 5.66. The van der Waals surface area contributed by atoms with Gasteiger partial charge in [-0.3, -0.25) is 9.59 Å². The molecule has 0 rings (SSSR count). The lowest BCUT2D eigenvalue weighted by Crippen LogP contribution is -2.30. The molecule has 0 amide bonds. The molecule has 0 N–H and O–H groups in total. The molecule has 0 aliphatic carbocycles. The number of ether oxygens (including phenoxy) is 1. The maximum absolute atomic E-state index is 12.8. The lowest BCUT2D eigenvalue weighted by atomic mass is 9.95. The second-order valence-electron chi connectivity index (χ2n) is 11.6. The van der Waals surface area contributed by atoms with Crippen LogP contribution in [0.2, 0.25) is 0 Å². The maximum Gasteiger partial charge on any atom is 0.316 e. The predicted molar refractivity (Wildman–Crippen MR) is 169 cm³/mol. The van der Waals surface area contributed by atoms with Crippen molar-refractivity contribution >= 4 is 11.8 Å². The first-order valence-corrected chi connectivity index (χ1v) is 16.7. The molecule has 0 saturated carbocycles. The number of nitrogens with zero attached hydrogens (tertiary/aromatic N) is 1. The molecule has 39 heavy (non-hydrogen) atoms. The van der Waals surface area contributed by atoms with Crippen LogP contribution in [0.3, 0.4) is 0 Å². The molecule has 0 aliphatic rings. The van der Waals surface area contributed by atoms with Crippen LogP contribution in [0.25, 0.3) is 0 Å². The number of ketones is 1. The van der Waals surface area contributed by atoms with E-state index in [0.29, 0.717) is 19.4 Å². The molecule has 0 bridgehead atoms. The topological polar surface area (TPSA) is 46.6 Å². The molecule has 228 valence electrons. The van der Waals surface area contributed by atoms with Gasteiger partial charge in [-0.05, 0) is 72.0 Å². The van der Waals surface area contributed by atoms with Crippen LogP contribution < -0.4 is 0 Å². The summed E-state index contributed by atoms with van der Waals surface area (Å²) in [7, 11) is 3.96. The summed E-state index contributed by atoms with van der Waals surface area (Å²) >= 11 is 0. The van der Waals surface area contributed by atoms with E-state index in [1.807, 2.05) is 19.0 Å². The number of Topliss-reactive ketones (excluding diaryl/α,β-unsaturated/α-hetero) is 1. The molecule has 1 atom stereocenters. The minimum Gasteiger partial charge on any atom is -0.465 e. The van der Waals surface area contributed by atoms with E-state index in [-0.39, 0.29) is 11.8 Å². The molecule has 0 fully saturated rings. The van der Waals surface area contributed by atoms with E-state index in [4.69, 9.17) is 4.74 Å². The van der Waals surface area contributed by atoms with Gasteiger partial charge in [0.05, 0.1) is 6.61 Å². The monoisotopic (exact) mass is 547 g/mol. The molecule has 4 nitrogen and oxygen atoms in total. The third kappa shape index (κ3) is 26.6. The molecule has 0 aromatic carbocycles. The van der Waals surface area contributed by atoms with Crippen molar-refractivity contribution < 1.29 is 14.3 Å². The first-order chi connectivity index (χ1) is 19.0. The number of unbranched alkanes of at least 4 members (excludes halogenated alkanes) is 16. The highest BCUT2D eigenvalue weighted by Gasteiger charge is 2.27. The standard InChI is InChI=1S/C35H65NO3/c1-5-7-9-11-13-15-16-17-18-19-20-21-22-24-26-28-32-39-35(38)33(30-31-36(3)4)34(37)29-27-25-23-14-12-10-8-6-2/h13,15,17-18,33H,5-12,14,16,19-32H2,1-4H3/b15-13-,18-17-. The van der Waals surface area contributed by atoms with Gasteiger partial charge in [0.25, 0.3) is 0 Å². The number of esters is 1. The van der Waals surface area contributed by atoms with Crippen LogP contribution >= 0.6 is 0 Å². The van der Waals surface area contributed by atoms with Gasteiger partial charge in [0.15, 0.2) is 0 Å². The normalized spacial score (nSPS) is 12.6. The Labute approximate surface area is 243 Å². The van der Waals surface area contributed by atoms with Crippen molar-refractivity contribution in [2.45, 2.75) is 155 Å². The fourth-order valence-electron chi connectivity index (χ4n) is 4.77. The van der Waals surface area contributed by atoms with Crippen LogP contribution in [0.4, 0.5) is 0 Å². The van der Waals surface area contributed by atoms with Crippen LogP contribution in [0, 0.1) is 5.92 Å². The zero-order valence-electron chi connectivity index (χ0n) is 26.5. The molecule has 4 heteroatoms. The average molecular weight is 548 g/mol. The van der Waals surface area contributed by atoms with Gasteiger partial charge in [-0.1, -0.05) is 122 Å². The van der Waals surface area contributed by atoms with Gasteiger partial charge in [-0.15, -0.1) is 0 Å². The van der Waals surface area contributed by atoms with Crippen molar-refractivity contribution in [3.63, 3.8) is 0 Å². The minimum absolute atomic E-state index is 0.0740. The molecule has 1 unspecified atom stereocenters. The van der Waals surface area contributed by atoms with Crippen molar-refractivity contribution in [2.24, 2.45) is 5.92 Å². The highest BCUT2D eigenvalue weighted by molar-refractivity contribution is 5.98. The summed E-state index contributed by atoms with van der Waals surface area (Å²) < 4.78 is 5.57. The molecule has 0 aromatic rings. The second kappa shape index (κ2) is 29.6. The minimum atomic E-state index is -0.596. The van der Waals surface area contributed by atoms with Crippen LogP contribution in [0.15, 0.2) is 24.3 Å². The average Bonchev–Trinajstić information content (AvgIpc) is 2.91. The molecular formula is C35H65NO3. The second-order valence-corrected chi connectivity index (χ2v) is 11.6. The zero-order chi connectivity index (χ0) is 28.8. The Hall–Kier alpha value is -1.42. The van der Waals surface area contributed by atoms with Gasteiger partial charge in [0.1, 0.15) is 11.7 Å². The molecule has 0 aromatic heterocycles. The highest BCUT2D eigenvalue weighted by Crippen LogP contribution is 2.16. The number of rotatable bonds is 29. The van der Waals surface area contributed by atoms with Crippen LogP contribution in [0.1, 0.15) is 155 Å². The van der Waals surface area contributed by atoms with E-state index < -0.39 is 5.92 Å². The Balaban J connectivity index is 3.92. The van der Waals surface area contributed by atoms with Crippen LogP contribution in [-0.2, 0) is 14.3 Å². The molecule has 0 saturated heterocycles. The fourth-order valence-corrected chi connectivity index (χ4v) is 4.77. The zero-order valence-corrected chi connectivity index (χ0v) is 26.5. The molecule has 0 radical (unpaired) electrons. The summed E-state index contributed by atoms with van der Waals surface area (Å²) in [6, 6.07) is 0. The lowest BCUT2D eigenvalue weighted by Gasteiger charge is -2.17. The smallest absolute Gasteiger partial charge is 0.316 e. The largest absolute Gasteiger partial charge is 0.465 e. The Morgan fingerprint density at radius 2 is 1.13 bits per heavy atom. The lowest BCUT2D eigenvalue weighted by molar-refractivity contribution is -0.152. The Morgan fingerprint density at radius 3 is 1.72 bits per heavy atom. The van der Waals surface area contributed by atoms with Crippen molar-refractivity contribution in [1.29, 1.82) is 0 Å². The maximum atomic E-state index is 12.8. The van der Waals surface area contributed by atoms with E-state index in [2.05, 4.69) is 38.2 Å². The summed E-state index contributed by atoms with van der Waals surface area (Å²) in [5.41, 5.74) is 0. The SMILES string of the molecule is CCCCC/C=C\C/C=C\CCCCCCCCOC(=O)C(CCN(C)C)C(=O)CCCCCCCCCC. The van der Waals surface area contributed by atoms with Crippen molar-refractivity contribution in [3.8, 4) is 0 Å². The third-order valence-electron chi connectivity index (χ3n) is 7.40. The first kappa shape index (κ1) is 37.6. The van der Waals surface area contributed by atoms with Gasteiger partial charge in [0.2, 0.25) is 0 Å². The summed E-state index contributed by atoms with van der Waals surface area (Å²) in [5, 5.41) is 0. The van der Waals surface area contributed by atoms with E-state index in [0.717, 1.165) is 38.6 Å². The van der Waals surface area contributed by atoms with Gasteiger partial charge in [-0.2, -0.15) is 0 Å². The number of hydrogen-bond donors (Lipinski definition) is 0. The molecule has 0 aliphatic heterocycles. The number of carbonyl (C=O) groups excluding carboxylic acids is 2. The van der Waals surface area contributed by atoms with Gasteiger partial charge < -0.3 is 9.64 Å². The van der Waals surface area contributed by atoms with Crippen molar-refractivity contribution in [1.82, 2.24) is 4.90 Å². The van der Waals surface area contributed by atoms with E-state index in [9.17, 15) is 9.59 Å². The molecular weight excluding hydrogens is 482 g/mol. The Kier molecular flexibility index (Phi) is 28.5. The van der Waals surface area contributed by atoms with Gasteiger partial charge >= 0.3 is 5.97 Å². The van der Waals surface area contributed by atoms with Crippen LogP contribution in [0.5, 0.6) is 0 Å². The van der Waals surface area contributed by atoms with E-state index in [1.54, 1.807) is 0 Å². The molecule has 0 heterocycles. The Bertz CT molecular complexity index is 611.